The van der Waals surface area contributed by atoms with E-state index in [1.807, 2.05) is 31.3 Å². The van der Waals surface area contributed by atoms with Gasteiger partial charge in [-0.25, -0.2) is 4.98 Å². The predicted molar refractivity (Wildman–Crippen MR) is 56.2 cm³/mol. The van der Waals surface area contributed by atoms with Gasteiger partial charge in [-0.15, -0.1) is 5.10 Å². The van der Waals surface area contributed by atoms with Crippen molar-refractivity contribution in [1.82, 2.24) is 25.4 Å². The number of fused-ring (bicyclic) bond motifs is 1. The standard InChI is InChI=1S/C10H9N5/c1-6-11-5-9(12-6)7-3-2-4-8-10(7)14-15-13-8/h2-5H,1H3,(H,11,12)(H,13,14,15). The van der Waals surface area contributed by atoms with E-state index in [-0.39, 0.29) is 0 Å². The van der Waals surface area contributed by atoms with Gasteiger partial charge < -0.3 is 4.98 Å². The van der Waals surface area contributed by atoms with Crippen LogP contribution in [0.5, 0.6) is 0 Å². The second kappa shape index (κ2) is 2.91. The molecule has 3 aromatic rings. The summed E-state index contributed by atoms with van der Waals surface area (Å²) >= 11 is 0. The predicted octanol–water partition coefficient (Wildman–Crippen LogP) is 1.66. The van der Waals surface area contributed by atoms with Crippen LogP contribution in [0.4, 0.5) is 0 Å². The Morgan fingerprint density at radius 1 is 1.27 bits per heavy atom. The maximum absolute atomic E-state index is 4.37. The number of imidazole rings is 1. The summed E-state index contributed by atoms with van der Waals surface area (Å²) in [7, 11) is 0. The van der Waals surface area contributed by atoms with Gasteiger partial charge in [0.15, 0.2) is 0 Å². The first-order valence-electron chi connectivity index (χ1n) is 4.67. The zero-order chi connectivity index (χ0) is 10.3. The van der Waals surface area contributed by atoms with Crippen LogP contribution in [0.2, 0.25) is 0 Å². The minimum atomic E-state index is 0.851. The molecular formula is C10H9N5. The highest BCUT2D eigenvalue weighted by Gasteiger charge is 2.08. The van der Waals surface area contributed by atoms with Gasteiger partial charge in [0.1, 0.15) is 11.3 Å². The quantitative estimate of drug-likeness (QED) is 0.626. The van der Waals surface area contributed by atoms with E-state index in [4.69, 9.17) is 0 Å². The summed E-state index contributed by atoms with van der Waals surface area (Å²) in [6, 6.07) is 5.89. The molecule has 74 valence electrons. The van der Waals surface area contributed by atoms with Gasteiger partial charge in [-0.2, -0.15) is 0 Å². The van der Waals surface area contributed by atoms with Gasteiger partial charge in [0.2, 0.25) is 0 Å². The van der Waals surface area contributed by atoms with E-state index >= 15 is 0 Å². The molecule has 0 saturated heterocycles. The third kappa shape index (κ3) is 1.20. The molecule has 0 bridgehead atoms. The summed E-state index contributed by atoms with van der Waals surface area (Å²) in [5, 5.41) is 10.7. The molecule has 0 fully saturated rings. The summed E-state index contributed by atoms with van der Waals surface area (Å²) in [6.45, 7) is 1.92. The molecule has 5 nitrogen and oxygen atoms in total. The molecule has 2 aromatic heterocycles. The summed E-state index contributed by atoms with van der Waals surface area (Å²) in [6.07, 6.45) is 1.87. The smallest absolute Gasteiger partial charge is 0.122 e. The van der Waals surface area contributed by atoms with Crippen LogP contribution in [-0.4, -0.2) is 25.4 Å². The molecule has 2 N–H and O–H groups in total. The number of aromatic amines is 2. The van der Waals surface area contributed by atoms with Crippen molar-refractivity contribution in [2.75, 3.05) is 0 Å². The number of nitrogens with one attached hydrogen (secondary N) is 2. The van der Waals surface area contributed by atoms with Gasteiger partial charge in [0.25, 0.3) is 0 Å². The van der Waals surface area contributed by atoms with E-state index < -0.39 is 0 Å². The fourth-order valence-electron chi connectivity index (χ4n) is 1.63. The molecule has 15 heavy (non-hydrogen) atoms. The molecule has 0 radical (unpaired) electrons. The maximum atomic E-state index is 4.37. The summed E-state index contributed by atoms with van der Waals surface area (Å²) in [4.78, 5) is 7.43. The largest absolute Gasteiger partial charge is 0.348 e. The molecule has 2 heterocycles. The molecule has 0 spiro atoms. The Hall–Kier alpha value is -2.17. The lowest BCUT2D eigenvalue weighted by Gasteiger charge is -1.95. The highest BCUT2D eigenvalue weighted by molar-refractivity contribution is 5.89. The van der Waals surface area contributed by atoms with Gasteiger partial charge in [0.05, 0.1) is 11.2 Å². The third-order valence-corrected chi connectivity index (χ3v) is 2.34. The van der Waals surface area contributed by atoms with E-state index in [2.05, 4.69) is 25.4 Å². The highest BCUT2D eigenvalue weighted by Crippen LogP contribution is 2.23. The third-order valence-electron chi connectivity index (χ3n) is 2.34. The number of aryl methyl sites for hydroxylation is 1. The Bertz CT molecular complexity index is 607. The van der Waals surface area contributed by atoms with Crippen molar-refractivity contribution in [2.45, 2.75) is 6.92 Å². The fraction of sp³-hybridized carbons (Fsp3) is 0.100. The Labute approximate surface area is 85.5 Å². The number of hydrogen-bond donors (Lipinski definition) is 2. The second-order valence-electron chi connectivity index (χ2n) is 3.38. The van der Waals surface area contributed by atoms with Gasteiger partial charge in [-0.3, -0.25) is 5.10 Å². The molecule has 0 aliphatic rings. The molecule has 0 aliphatic heterocycles. The average Bonchev–Trinajstić information content (AvgIpc) is 2.84. The van der Waals surface area contributed by atoms with E-state index in [9.17, 15) is 0 Å². The molecule has 5 heteroatoms. The maximum Gasteiger partial charge on any atom is 0.122 e. The number of aromatic nitrogens is 5. The number of benzene rings is 1. The number of rotatable bonds is 1. The first-order chi connectivity index (χ1) is 7.34. The topological polar surface area (TPSA) is 70.2 Å². The zero-order valence-corrected chi connectivity index (χ0v) is 8.15. The van der Waals surface area contributed by atoms with Crippen LogP contribution in [0, 0.1) is 6.92 Å². The van der Waals surface area contributed by atoms with Crippen molar-refractivity contribution in [3.8, 4) is 11.3 Å². The lowest BCUT2D eigenvalue weighted by atomic mass is 10.1. The molecule has 0 aliphatic carbocycles. The average molecular weight is 199 g/mol. The van der Waals surface area contributed by atoms with Crippen LogP contribution in [0.3, 0.4) is 0 Å². The van der Waals surface area contributed by atoms with E-state index in [0.29, 0.717) is 0 Å². The lowest BCUT2D eigenvalue weighted by Crippen LogP contribution is -1.81. The Morgan fingerprint density at radius 2 is 2.20 bits per heavy atom. The minimum Gasteiger partial charge on any atom is -0.348 e. The number of hydrogen-bond acceptors (Lipinski definition) is 3. The van der Waals surface area contributed by atoms with E-state index in [0.717, 1.165) is 28.1 Å². The van der Waals surface area contributed by atoms with Crippen molar-refractivity contribution in [2.24, 2.45) is 0 Å². The van der Waals surface area contributed by atoms with Crippen molar-refractivity contribution in [3.05, 3.63) is 30.2 Å². The van der Waals surface area contributed by atoms with Crippen LogP contribution < -0.4 is 0 Å². The lowest BCUT2D eigenvalue weighted by molar-refractivity contribution is 0.959. The first kappa shape index (κ1) is 8.16. The summed E-state index contributed by atoms with van der Waals surface area (Å²) < 4.78 is 0. The number of nitrogens with zero attached hydrogens (tertiary/aromatic N) is 3. The molecule has 3 rings (SSSR count). The molecule has 0 atom stereocenters. The Kier molecular flexibility index (Phi) is 1.58. The molecular weight excluding hydrogens is 190 g/mol. The van der Waals surface area contributed by atoms with Crippen LogP contribution in [0.25, 0.3) is 22.3 Å². The second-order valence-corrected chi connectivity index (χ2v) is 3.38. The van der Waals surface area contributed by atoms with Crippen molar-refractivity contribution >= 4 is 11.0 Å². The van der Waals surface area contributed by atoms with Crippen LogP contribution in [0.1, 0.15) is 5.82 Å². The monoisotopic (exact) mass is 199 g/mol. The van der Waals surface area contributed by atoms with Gasteiger partial charge in [0, 0.05) is 11.8 Å². The highest BCUT2D eigenvalue weighted by atomic mass is 15.3. The summed E-state index contributed by atoms with van der Waals surface area (Å²) in [5.41, 5.74) is 3.66. The van der Waals surface area contributed by atoms with Crippen LogP contribution in [0.15, 0.2) is 24.4 Å². The van der Waals surface area contributed by atoms with E-state index in [1.165, 1.54) is 0 Å². The number of H-pyrrole nitrogens is 2. The Balaban J connectivity index is 2.30. The van der Waals surface area contributed by atoms with Crippen LogP contribution in [-0.2, 0) is 0 Å². The van der Waals surface area contributed by atoms with Gasteiger partial charge in [-0.05, 0) is 13.0 Å². The van der Waals surface area contributed by atoms with Crippen LogP contribution >= 0.6 is 0 Å². The van der Waals surface area contributed by atoms with Crippen molar-refractivity contribution in [3.63, 3.8) is 0 Å². The SMILES string of the molecule is Cc1nc(-c2cccc3[nH]nnc23)c[nH]1. The normalized spacial score (nSPS) is 11.0. The molecule has 0 saturated carbocycles. The Morgan fingerprint density at radius 3 is 3.00 bits per heavy atom. The molecule has 0 unspecified atom stereocenters. The fourth-order valence-corrected chi connectivity index (χ4v) is 1.63. The van der Waals surface area contributed by atoms with Gasteiger partial charge in [-0.1, -0.05) is 17.3 Å². The van der Waals surface area contributed by atoms with E-state index in [1.54, 1.807) is 0 Å². The van der Waals surface area contributed by atoms with Crippen molar-refractivity contribution < 1.29 is 0 Å². The first-order valence-corrected chi connectivity index (χ1v) is 4.67. The zero-order valence-electron chi connectivity index (χ0n) is 8.15. The molecule has 0 amide bonds. The minimum absolute atomic E-state index is 0.851. The molecule has 1 aromatic carbocycles. The van der Waals surface area contributed by atoms with Gasteiger partial charge >= 0.3 is 0 Å². The van der Waals surface area contributed by atoms with Crippen molar-refractivity contribution in [1.29, 1.82) is 0 Å². The summed E-state index contributed by atoms with van der Waals surface area (Å²) in [5.74, 6) is 0.894.